The number of amides is 3. The molecule has 5 heterocycles. The van der Waals surface area contributed by atoms with Crippen LogP contribution >= 0.6 is 11.8 Å². The van der Waals surface area contributed by atoms with Gasteiger partial charge in [-0.15, -0.1) is 11.8 Å². The molecular formula is C33H36N6O6S. The topological polar surface area (TPSA) is 153 Å². The van der Waals surface area contributed by atoms with E-state index in [1.165, 1.54) is 16.7 Å². The summed E-state index contributed by atoms with van der Waals surface area (Å²) >= 11 is 1.32. The molecule has 46 heavy (non-hydrogen) atoms. The van der Waals surface area contributed by atoms with Crippen molar-refractivity contribution in [3.05, 3.63) is 75.6 Å². The second-order valence-electron chi connectivity index (χ2n) is 12.8. The smallest absolute Gasteiger partial charge is 0.327 e. The van der Waals surface area contributed by atoms with Crippen LogP contribution in [-0.4, -0.2) is 86.6 Å². The number of carboxylic acids is 1. The van der Waals surface area contributed by atoms with Crippen LogP contribution in [-0.2, 0) is 27.3 Å². The number of fused-ring (bicyclic) bond motifs is 1. The Morgan fingerprint density at radius 2 is 1.80 bits per heavy atom. The first-order valence-corrected chi connectivity index (χ1v) is 16.5. The summed E-state index contributed by atoms with van der Waals surface area (Å²) in [5.74, 6) is -2.89. The number of carboxylic acid groups (broad SMARTS) is 1. The van der Waals surface area contributed by atoms with Crippen molar-refractivity contribution in [2.75, 3.05) is 31.1 Å². The Morgan fingerprint density at radius 3 is 2.52 bits per heavy atom. The fourth-order valence-corrected chi connectivity index (χ4v) is 8.85. The Labute approximate surface area is 269 Å². The number of β-lactam (4-membered cyclic amide) rings is 1. The minimum Gasteiger partial charge on any atom is -0.480 e. The maximum absolute atomic E-state index is 14.0. The van der Waals surface area contributed by atoms with Crippen molar-refractivity contribution < 1.29 is 24.3 Å². The Morgan fingerprint density at radius 1 is 1.07 bits per heavy atom. The molecule has 4 N–H and O–H groups in total. The number of piperazine rings is 1. The third-order valence-electron chi connectivity index (χ3n) is 9.45. The largest absolute Gasteiger partial charge is 0.480 e. The van der Waals surface area contributed by atoms with Crippen LogP contribution in [0.3, 0.4) is 0 Å². The maximum Gasteiger partial charge on any atom is 0.327 e. The van der Waals surface area contributed by atoms with E-state index in [4.69, 9.17) is 0 Å². The number of anilines is 1. The van der Waals surface area contributed by atoms with E-state index in [0.717, 1.165) is 55.8 Å². The number of aliphatic carboxylic acids is 1. The number of carbonyl (C=O) groups excluding carboxylic acids is 3. The molecule has 240 valence electrons. The number of hydrogen-bond donors (Lipinski definition) is 4. The number of pyridine rings is 1. The number of benzene rings is 2. The van der Waals surface area contributed by atoms with Crippen molar-refractivity contribution in [2.45, 2.75) is 61.5 Å². The van der Waals surface area contributed by atoms with Gasteiger partial charge in [0, 0.05) is 54.7 Å². The van der Waals surface area contributed by atoms with Gasteiger partial charge in [-0.2, -0.15) is 0 Å². The van der Waals surface area contributed by atoms with E-state index in [1.54, 1.807) is 50.4 Å². The molecule has 0 radical (unpaired) electrons. The second-order valence-corrected chi connectivity index (χ2v) is 14.6. The van der Waals surface area contributed by atoms with Crippen molar-refractivity contribution in [1.29, 1.82) is 0 Å². The predicted octanol–water partition coefficient (Wildman–Crippen LogP) is 1.46. The Balaban J connectivity index is 1.19. The number of carbonyl (C=O) groups is 4. The Kier molecular flexibility index (Phi) is 7.55. The van der Waals surface area contributed by atoms with Crippen LogP contribution < -0.4 is 26.3 Å². The molecule has 3 saturated heterocycles. The van der Waals surface area contributed by atoms with Gasteiger partial charge in [0.15, 0.2) is 0 Å². The molecule has 0 saturated carbocycles. The number of aryl methyl sites for hydroxylation is 2. The molecule has 7 rings (SSSR count). The lowest BCUT2D eigenvalue weighted by Gasteiger charge is -2.44. The van der Waals surface area contributed by atoms with Gasteiger partial charge in [-0.3, -0.25) is 19.2 Å². The molecule has 4 aliphatic heterocycles. The van der Waals surface area contributed by atoms with Crippen LogP contribution in [0.2, 0.25) is 0 Å². The third kappa shape index (κ3) is 5.01. The number of thioether (sulfide) groups is 1. The van der Waals surface area contributed by atoms with Gasteiger partial charge in [0.2, 0.25) is 17.2 Å². The van der Waals surface area contributed by atoms with Gasteiger partial charge in [-0.05, 0) is 49.9 Å². The van der Waals surface area contributed by atoms with Gasteiger partial charge in [-0.1, -0.05) is 30.3 Å². The van der Waals surface area contributed by atoms with Crippen LogP contribution in [0.5, 0.6) is 0 Å². The molecule has 4 unspecified atom stereocenters. The number of aromatic nitrogens is 1. The van der Waals surface area contributed by atoms with Crippen molar-refractivity contribution in [1.82, 2.24) is 25.4 Å². The van der Waals surface area contributed by atoms with Crippen LogP contribution in [0.1, 0.15) is 47.8 Å². The van der Waals surface area contributed by atoms with Gasteiger partial charge < -0.3 is 35.4 Å². The van der Waals surface area contributed by atoms with Crippen molar-refractivity contribution in [3.63, 3.8) is 0 Å². The van der Waals surface area contributed by atoms with Crippen LogP contribution in [0.4, 0.5) is 5.69 Å². The van der Waals surface area contributed by atoms with Gasteiger partial charge >= 0.3 is 5.97 Å². The molecule has 4 aliphatic rings. The van der Waals surface area contributed by atoms with E-state index >= 15 is 0 Å². The summed E-state index contributed by atoms with van der Waals surface area (Å²) in [4.78, 5) is 70.3. The van der Waals surface area contributed by atoms with Gasteiger partial charge in [0.25, 0.3) is 5.91 Å². The number of nitrogens with zero attached hydrogens (tertiary/aromatic N) is 3. The first-order valence-electron chi connectivity index (χ1n) is 15.6. The zero-order valence-electron chi connectivity index (χ0n) is 25.6. The summed E-state index contributed by atoms with van der Waals surface area (Å²) < 4.78 is 1.21. The van der Waals surface area contributed by atoms with Gasteiger partial charge in [0.1, 0.15) is 29.1 Å². The molecule has 2 aromatic carbocycles. The minimum absolute atomic E-state index is 0.0603. The number of hydrogen-bond acceptors (Lipinski definition) is 8. The highest BCUT2D eigenvalue weighted by Crippen LogP contribution is 2.50. The molecule has 0 aliphatic carbocycles. The van der Waals surface area contributed by atoms with E-state index in [-0.39, 0.29) is 5.56 Å². The average molecular weight is 645 g/mol. The summed E-state index contributed by atoms with van der Waals surface area (Å²) in [6, 6.07) is 9.51. The Bertz CT molecular complexity index is 1820. The summed E-state index contributed by atoms with van der Waals surface area (Å²) in [7, 11) is 0. The number of rotatable bonds is 7. The lowest BCUT2D eigenvalue weighted by Crippen LogP contribution is -2.71. The first-order chi connectivity index (χ1) is 22.0. The van der Waals surface area contributed by atoms with Crippen molar-refractivity contribution in [2.24, 2.45) is 0 Å². The zero-order chi connectivity index (χ0) is 32.3. The molecule has 1 aromatic heterocycles. The summed E-state index contributed by atoms with van der Waals surface area (Å²) in [5, 5.41) is 18.6. The van der Waals surface area contributed by atoms with Crippen molar-refractivity contribution in [3.8, 4) is 0 Å². The summed E-state index contributed by atoms with van der Waals surface area (Å²) in [5.41, 5.74) is 2.91. The quantitative estimate of drug-likeness (QED) is 0.280. The van der Waals surface area contributed by atoms with Gasteiger partial charge in [0.05, 0.1) is 5.52 Å². The standard InChI is InChI=1S/C33H36N6O6S/c1-33(2)27(32(44)45)39-30(43)24(31(39)46-33)36-29(42)23(18-7-4-3-5-8-18)35-28(41)22-17-38-12-6-9-19-15-20(37-13-10-34-11-14-37)16-21(25(19)38)26(22)40/h3-5,7-8,15-17,23-24,27,31,34H,6,9-14H2,1-2H3,(H,35,41)(H,36,42)(H,44,45). The highest BCUT2D eigenvalue weighted by molar-refractivity contribution is 8.01. The van der Waals surface area contributed by atoms with E-state index in [0.29, 0.717) is 17.5 Å². The maximum atomic E-state index is 14.0. The van der Waals surface area contributed by atoms with Crippen LogP contribution in [0.15, 0.2) is 53.5 Å². The summed E-state index contributed by atoms with van der Waals surface area (Å²) in [6.07, 6.45) is 3.31. The average Bonchev–Trinajstić information content (AvgIpc) is 3.32. The SMILES string of the molecule is CC1(C)SC2C(NC(=O)C(NC(=O)c3cn4c5c(cc(N6CCNCC6)cc5c3=O)CCC4)c3ccccc3)C(=O)N2C1C(=O)O. The molecule has 12 nitrogen and oxygen atoms in total. The van der Waals surface area contributed by atoms with E-state index < -0.39 is 57.4 Å². The number of nitrogens with one attached hydrogen (secondary N) is 3. The molecular weight excluding hydrogens is 608 g/mol. The van der Waals surface area contributed by atoms with E-state index in [2.05, 4.69) is 26.9 Å². The predicted molar refractivity (Wildman–Crippen MR) is 174 cm³/mol. The molecule has 13 heteroatoms. The molecule has 3 amide bonds. The third-order valence-corrected chi connectivity index (χ3v) is 11.0. The second kappa shape index (κ2) is 11.5. The Hall–Kier alpha value is -4.36. The lowest BCUT2D eigenvalue weighted by atomic mass is 9.95. The molecule has 0 bridgehead atoms. The first kappa shape index (κ1) is 30.3. The normalized spacial score (nSPS) is 23.8. The highest BCUT2D eigenvalue weighted by Gasteiger charge is 2.64. The van der Waals surface area contributed by atoms with Crippen LogP contribution in [0.25, 0.3) is 10.9 Å². The fraction of sp³-hybridized carbons (Fsp3) is 0.424. The lowest BCUT2D eigenvalue weighted by molar-refractivity contribution is -0.161. The monoisotopic (exact) mass is 644 g/mol. The minimum atomic E-state index is -1.20. The zero-order valence-corrected chi connectivity index (χ0v) is 26.4. The molecule has 3 fully saturated rings. The van der Waals surface area contributed by atoms with Crippen molar-refractivity contribution >= 4 is 52.0 Å². The molecule has 4 atom stereocenters. The molecule has 0 spiro atoms. The van der Waals surface area contributed by atoms with Crippen LogP contribution in [0, 0.1) is 0 Å². The summed E-state index contributed by atoms with van der Waals surface area (Å²) in [6.45, 7) is 7.53. The molecule has 3 aromatic rings. The fourth-order valence-electron chi connectivity index (χ4n) is 7.22. The highest BCUT2D eigenvalue weighted by atomic mass is 32.2. The van der Waals surface area contributed by atoms with E-state index in [1.807, 2.05) is 10.6 Å². The van der Waals surface area contributed by atoms with Gasteiger partial charge in [-0.25, -0.2) is 4.79 Å². The van der Waals surface area contributed by atoms with E-state index in [9.17, 15) is 29.1 Å².